The van der Waals surface area contributed by atoms with Gasteiger partial charge in [0.25, 0.3) is 6.43 Å². The van der Waals surface area contributed by atoms with Gasteiger partial charge >= 0.3 is 5.97 Å². The molecule has 0 atom stereocenters. The summed E-state index contributed by atoms with van der Waals surface area (Å²) < 4.78 is 24.2. The van der Waals surface area contributed by atoms with E-state index in [2.05, 4.69) is 4.98 Å². The standard InChI is InChI=1S/C7H4F2INO3/c8-6(9)4-5(12)3(10)2(1-11-4)7(13)14/h1,6,12H,(H,13,14). The molecule has 0 aromatic carbocycles. The maximum Gasteiger partial charge on any atom is 0.338 e. The zero-order chi connectivity index (χ0) is 10.9. The summed E-state index contributed by atoms with van der Waals surface area (Å²) in [6, 6.07) is 0. The summed E-state index contributed by atoms with van der Waals surface area (Å²) >= 11 is 1.47. The number of hydrogen-bond acceptors (Lipinski definition) is 3. The number of pyridine rings is 1. The third kappa shape index (κ3) is 1.91. The lowest BCUT2D eigenvalue weighted by atomic mass is 10.2. The average molecular weight is 315 g/mol. The number of halogens is 3. The van der Waals surface area contributed by atoms with E-state index in [0.29, 0.717) is 0 Å². The zero-order valence-electron chi connectivity index (χ0n) is 6.54. The van der Waals surface area contributed by atoms with Gasteiger partial charge in [-0.2, -0.15) is 0 Å². The quantitative estimate of drug-likeness (QED) is 0.819. The van der Waals surface area contributed by atoms with E-state index in [9.17, 15) is 18.7 Å². The second-order valence-electron chi connectivity index (χ2n) is 2.33. The molecule has 0 radical (unpaired) electrons. The van der Waals surface area contributed by atoms with Crippen molar-refractivity contribution in [2.24, 2.45) is 0 Å². The highest BCUT2D eigenvalue weighted by Gasteiger charge is 2.21. The maximum absolute atomic E-state index is 12.2. The third-order valence-corrected chi connectivity index (χ3v) is 2.55. The van der Waals surface area contributed by atoms with Gasteiger partial charge in [-0.1, -0.05) is 0 Å². The molecule has 1 aromatic heterocycles. The zero-order valence-corrected chi connectivity index (χ0v) is 8.70. The van der Waals surface area contributed by atoms with Crippen LogP contribution in [0.2, 0.25) is 0 Å². The Morgan fingerprint density at radius 1 is 1.57 bits per heavy atom. The van der Waals surface area contributed by atoms with Crippen LogP contribution in [0.5, 0.6) is 5.75 Å². The van der Waals surface area contributed by atoms with Crippen molar-refractivity contribution in [2.45, 2.75) is 6.43 Å². The monoisotopic (exact) mass is 315 g/mol. The molecule has 0 aliphatic rings. The molecule has 2 N–H and O–H groups in total. The Morgan fingerprint density at radius 3 is 2.57 bits per heavy atom. The summed E-state index contributed by atoms with van der Waals surface area (Å²) in [7, 11) is 0. The van der Waals surface area contributed by atoms with Crippen molar-refractivity contribution >= 4 is 28.6 Å². The van der Waals surface area contributed by atoms with E-state index in [1.54, 1.807) is 0 Å². The largest absolute Gasteiger partial charge is 0.505 e. The molecule has 0 bridgehead atoms. The number of carboxylic acids is 1. The van der Waals surface area contributed by atoms with Gasteiger partial charge in [0.2, 0.25) is 0 Å². The number of carbonyl (C=O) groups is 1. The molecule has 7 heteroatoms. The molecule has 0 spiro atoms. The van der Waals surface area contributed by atoms with Crippen molar-refractivity contribution in [3.8, 4) is 5.75 Å². The molecule has 0 unspecified atom stereocenters. The number of nitrogens with zero attached hydrogens (tertiary/aromatic N) is 1. The molecule has 0 fully saturated rings. The van der Waals surface area contributed by atoms with Crippen molar-refractivity contribution in [2.75, 3.05) is 0 Å². The minimum Gasteiger partial charge on any atom is -0.505 e. The molecule has 1 heterocycles. The highest BCUT2D eigenvalue weighted by molar-refractivity contribution is 14.1. The topological polar surface area (TPSA) is 70.4 Å². The highest BCUT2D eigenvalue weighted by atomic mass is 127. The van der Waals surface area contributed by atoms with Crippen molar-refractivity contribution in [3.63, 3.8) is 0 Å². The van der Waals surface area contributed by atoms with Crippen LogP contribution in [0.4, 0.5) is 8.78 Å². The van der Waals surface area contributed by atoms with Crippen molar-refractivity contribution in [1.82, 2.24) is 4.98 Å². The minimum absolute atomic E-state index is 0.139. The van der Waals surface area contributed by atoms with Crippen molar-refractivity contribution in [3.05, 3.63) is 21.0 Å². The number of hydrogen-bond donors (Lipinski definition) is 2. The molecule has 76 valence electrons. The number of aromatic carboxylic acids is 1. The first-order chi connectivity index (χ1) is 6.45. The van der Waals surface area contributed by atoms with Gasteiger partial charge < -0.3 is 10.2 Å². The number of aromatic hydroxyl groups is 1. The van der Waals surface area contributed by atoms with Crippen LogP contribution in [-0.2, 0) is 0 Å². The van der Waals surface area contributed by atoms with Gasteiger partial charge in [0.15, 0.2) is 5.75 Å². The normalized spacial score (nSPS) is 10.6. The van der Waals surface area contributed by atoms with Crippen LogP contribution < -0.4 is 0 Å². The molecular formula is C7H4F2INO3. The summed E-state index contributed by atoms with van der Waals surface area (Å²) in [6.45, 7) is 0. The van der Waals surface area contributed by atoms with Crippen LogP contribution in [0.1, 0.15) is 22.5 Å². The van der Waals surface area contributed by atoms with Gasteiger partial charge in [0, 0.05) is 6.20 Å². The Hall–Kier alpha value is -0.990. The summed E-state index contributed by atoms with van der Waals surface area (Å²) in [5.41, 5.74) is -1.10. The fourth-order valence-corrected chi connectivity index (χ4v) is 1.45. The first kappa shape index (κ1) is 11.1. The predicted molar refractivity (Wildman–Crippen MR) is 50.5 cm³/mol. The lowest BCUT2D eigenvalue weighted by Crippen LogP contribution is -2.03. The molecule has 1 aromatic rings. The van der Waals surface area contributed by atoms with Gasteiger partial charge in [0.1, 0.15) is 5.69 Å². The van der Waals surface area contributed by atoms with Gasteiger partial charge in [0.05, 0.1) is 9.13 Å². The van der Waals surface area contributed by atoms with E-state index in [-0.39, 0.29) is 9.13 Å². The van der Waals surface area contributed by atoms with Crippen LogP contribution in [-0.4, -0.2) is 21.2 Å². The molecule has 1 rings (SSSR count). The fraction of sp³-hybridized carbons (Fsp3) is 0.143. The Labute approximate surface area is 90.7 Å². The smallest absolute Gasteiger partial charge is 0.338 e. The van der Waals surface area contributed by atoms with Crippen LogP contribution in [0.15, 0.2) is 6.20 Å². The van der Waals surface area contributed by atoms with E-state index in [4.69, 9.17) is 5.11 Å². The minimum atomic E-state index is -2.92. The van der Waals surface area contributed by atoms with Crippen LogP contribution in [0, 0.1) is 3.57 Å². The van der Waals surface area contributed by atoms with Gasteiger partial charge in [-0.3, -0.25) is 4.98 Å². The SMILES string of the molecule is O=C(O)c1cnc(C(F)F)c(O)c1I. The fourth-order valence-electron chi connectivity index (χ4n) is 0.801. The highest BCUT2D eigenvalue weighted by Crippen LogP contribution is 2.31. The number of alkyl halides is 2. The second kappa shape index (κ2) is 4.03. The predicted octanol–water partition coefficient (Wildman–Crippen LogP) is 2.03. The lowest BCUT2D eigenvalue weighted by Gasteiger charge is -2.06. The van der Waals surface area contributed by atoms with E-state index in [0.717, 1.165) is 6.20 Å². The van der Waals surface area contributed by atoms with E-state index >= 15 is 0 Å². The molecule has 14 heavy (non-hydrogen) atoms. The first-order valence-corrected chi connectivity index (χ1v) is 4.41. The van der Waals surface area contributed by atoms with Crippen molar-refractivity contribution < 1.29 is 23.8 Å². The molecule has 0 aliphatic carbocycles. The summed E-state index contributed by atoms with van der Waals surface area (Å²) in [5.74, 6) is -2.10. The number of carboxylic acid groups (broad SMARTS) is 1. The molecule has 0 amide bonds. The summed E-state index contributed by atoms with van der Waals surface area (Å²) in [6.07, 6.45) is -2.13. The third-order valence-electron chi connectivity index (χ3n) is 1.46. The molecular weight excluding hydrogens is 311 g/mol. The summed E-state index contributed by atoms with van der Waals surface area (Å²) in [5, 5.41) is 17.8. The van der Waals surface area contributed by atoms with Gasteiger partial charge in [-0.05, 0) is 22.6 Å². The molecule has 4 nitrogen and oxygen atoms in total. The van der Waals surface area contributed by atoms with Crippen LogP contribution in [0.25, 0.3) is 0 Å². The Kier molecular flexibility index (Phi) is 3.19. The van der Waals surface area contributed by atoms with E-state index < -0.39 is 23.8 Å². The lowest BCUT2D eigenvalue weighted by molar-refractivity contribution is 0.0693. The van der Waals surface area contributed by atoms with Crippen molar-refractivity contribution in [1.29, 1.82) is 0 Å². The van der Waals surface area contributed by atoms with Crippen LogP contribution >= 0.6 is 22.6 Å². The molecule has 0 saturated heterocycles. The number of rotatable bonds is 2. The second-order valence-corrected chi connectivity index (χ2v) is 3.40. The average Bonchev–Trinajstić information content (AvgIpc) is 2.08. The maximum atomic E-state index is 12.2. The number of aromatic nitrogens is 1. The molecule has 0 aliphatic heterocycles. The van der Waals surface area contributed by atoms with Gasteiger partial charge in [-0.15, -0.1) is 0 Å². The Bertz CT molecular complexity index is 383. The van der Waals surface area contributed by atoms with E-state index in [1.165, 1.54) is 22.6 Å². The first-order valence-electron chi connectivity index (χ1n) is 3.34. The summed E-state index contributed by atoms with van der Waals surface area (Å²) in [4.78, 5) is 13.7. The Balaban J connectivity index is 3.33. The van der Waals surface area contributed by atoms with Crippen LogP contribution in [0.3, 0.4) is 0 Å². The van der Waals surface area contributed by atoms with Gasteiger partial charge in [-0.25, -0.2) is 13.6 Å². The van der Waals surface area contributed by atoms with E-state index in [1.807, 2.05) is 0 Å². The molecule has 0 saturated carbocycles. The Morgan fingerprint density at radius 2 is 2.14 bits per heavy atom.